The molecule has 0 aromatic heterocycles. The molecule has 0 spiro atoms. The molecule has 0 aliphatic carbocycles. The zero-order valence-electron chi connectivity index (χ0n) is 18.3. The van der Waals surface area contributed by atoms with Crippen molar-refractivity contribution in [3.63, 3.8) is 0 Å². The number of hydrogen-bond acceptors (Lipinski definition) is 4. The molecule has 1 heterocycles. The number of aryl methyl sites for hydroxylation is 1. The van der Waals surface area contributed by atoms with Crippen molar-refractivity contribution in [2.24, 2.45) is 4.99 Å². The van der Waals surface area contributed by atoms with E-state index in [-0.39, 0.29) is 30.1 Å². The Kier molecular flexibility index (Phi) is 11.9. The van der Waals surface area contributed by atoms with Crippen LogP contribution in [0.25, 0.3) is 0 Å². The number of ether oxygens (including phenoxy) is 2. The first-order valence-electron chi connectivity index (χ1n) is 10.6. The molecule has 1 unspecified atom stereocenters. The third kappa shape index (κ3) is 8.68. The van der Waals surface area contributed by atoms with Gasteiger partial charge in [-0.05, 0) is 51.2 Å². The van der Waals surface area contributed by atoms with Crippen molar-refractivity contribution in [1.82, 2.24) is 10.6 Å². The Morgan fingerprint density at radius 3 is 2.66 bits per heavy atom. The fourth-order valence-corrected chi connectivity index (χ4v) is 3.14. The number of benzene rings is 1. The Hall–Kier alpha value is -1.06. The summed E-state index contributed by atoms with van der Waals surface area (Å²) in [5, 5.41) is 17.0. The number of aliphatic imine (C=N–C) groups is 1. The second-order valence-corrected chi connectivity index (χ2v) is 7.54. The van der Waals surface area contributed by atoms with Crippen LogP contribution in [0.2, 0.25) is 0 Å². The fourth-order valence-electron chi connectivity index (χ4n) is 3.14. The topological polar surface area (TPSA) is 75.1 Å². The first-order chi connectivity index (χ1) is 13.5. The summed E-state index contributed by atoms with van der Waals surface area (Å²) in [4.78, 5) is 4.70. The minimum Gasteiger partial charge on any atom is -0.491 e. The van der Waals surface area contributed by atoms with Gasteiger partial charge < -0.3 is 25.2 Å². The van der Waals surface area contributed by atoms with Gasteiger partial charge in [-0.2, -0.15) is 0 Å². The van der Waals surface area contributed by atoms with E-state index in [1.165, 1.54) is 0 Å². The molecule has 1 aromatic rings. The molecule has 7 heteroatoms. The molecule has 1 fully saturated rings. The molecule has 166 valence electrons. The lowest BCUT2D eigenvalue weighted by Gasteiger charge is -2.26. The molecule has 1 aliphatic rings. The van der Waals surface area contributed by atoms with E-state index in [4.69, 9.17) is 14.5 Å². The van der Waals surface area contributed by atoms with Crippen LogP contribution >= 0.6 is 24.0 Å². The summed E-state index contributed by atoms with van der Waals surface area (Å²) in [7, 11) is 0. The average molecular weight is 519 g/mol. The van der Waals surface area contributed by atoms with Crippen LogP contribution in [-0.2, 0) is 11.3 Å². The third-order valence-electron chi connectivity index (χ3n) is 5.32. The molecular weight excluding hydrogens is 481 g/mol. The first kappa shape index (κ1) is 26.0. The van der Waals surface area contributed by atoms with Gasteiger partial charge in [0.25, 0.3) is 0 Å². The highest BCUT2D eigenvalue weighted by molar-refractivity contribution is 14.0. The lowest BCUT2D eigenvalue weighted by molar-refractivity contribution is 0.0367. The summed E-state index contributed by atoms with van der Waals surface area (Å²) in [6.45, 7) is 11.3. The van der Waals surface area contributed by atoms with E-state index >= 15 is 0 Å². The number of nitrogens with zero attached hydrogens (tertiary/aromatic N) is 1. The van der Waals surface area contributed by atoms with Gasteiger partial charge in [0.2, 0.25) is 0 Å². The maximum Gasteiger partial charge on any atom is 0.191 e. The molecule has 0 saturated carbocycles. The highest BCUT2D eigenvalue weighted by Gasteiger charge is 2.22. The fraction of sp³-hybridized carbons (Fsp3) is 0.682. The van der Waals surface area contributed by atoms with Crippen LogP contribution in [0.15, 0.2) is 23.2 Å². The van der Waals surface area contributed by atoms with Gasteiger partial charge in [0, 0.05) is 25.3 Å². The summed E-state index contributed by atoms with van der Waals surface area (Å²) < 4.78 is 11.7. The van der Waals surface area contributed by atoms with E-state index in [9.17, 15) is 5.11 Å². The highest BCUT2D eigenvalue weighted by atomic mass is 127. The Morgan fingerprint density at radius 1 is 1.28 bits per heavy atom. The quantitative estimate of drug-likeness (QED) is 0.249. The van der Waals surface area contributed by atoms with Gasteiger partial charge in [0.15, 0.2) is 5.96 Å². The van der Waals surface area contributed by atoms with Crippen molar-refractivity contribution in [3.8, 4) is 5.75 Å². The van der Waals surface area contributed by atoms with Gasteiger partial charge in [-0.3, -0.25) is 0 Å². The minimum absolute atomic E-state index is 0. The molecule has 2 rings (SSSR count). The van der Waals surface area contributed by atoms with Crippen LogP contribution in [0.4, 0.5) is 0 Å². The summed E-state index contributed by atoms with van der Waals surface area (Å²) >= 11 is 0. The Bertz CT molecular complexity index is 630. The number of halogens is 1. The second-order valence-electron chi connectivity index (χ2n) is 7.54. The van der Waals surface area contributed by atoms with Gasteiger partial charge in [-0.1, -0.05) is 26.0 Å². The molecule has 0 radical (unpaired) electrons. The third-order valence-corrected chi connectivity index (χ3v) is 5.32. The summed E-state index contributed by atoms with van der Waals surface area (Å²) in [6, 6.07) is 6.21. The molecule has 1 aromatic carbocycles. The van der Waals surface area contributed by atoms with Crippen molar-refractivity contribution in [2.45, 2.75) is 71.6 Å². The largest absolute Gasteiger partial charge is 0.491 e. The van der Waals surface area contributed by atoms with Gasteiger partial charge in [0.05, 0.1) is 18.2 Å². The number of rotatable bonds is 10. The molecule has 6 nitrogen and oxygen atoms in total. The lowest BCUT2D eigenvalue weighted by Crippen LogP contribution is -2.46. The van der Waals surface area contributed by atoms with Crippen LogP contribution in [-0.4, -0.2) is 49.1 Å². The van der Waals surface area contributed by atoms with Gasteiger partial charge >= 0.3 is 0 Å². The van der Waals surface area contributed by atoms with Crippen LogP contribution in [0.1, 0.15) is 57.6 Å². The summed E-state index contributed by atoms with van der Waals surface area (Å²) in [6.07, 6.45) is 3.77. The lowest BCUT2D eigenvalue weighted by atomic mass is 9.98. The molecule has 1 aliphatic heterocycles. The zero-order chi connectivity index (χ0) is 20.4. The summed E-state index contributed by atoms with van der Waals surface area (Å²) in [5.41, 5.74) is 1.49. The molecule has 1 atom stereocenters. The van der Waals surface area contributed by atoms with Crippen LogP contribution in [0.5, 0.6) is 5.75 Å². The second kappa shape index (κ2) is 13.3. The predicted octanol–water partition coefficient (Wildman–Crippen LogP) is 3.78. The normalized spacial score (nSPS) is 17.0. The molecule has 29 heavy (non-hydrogen) atoms. The Labute approximate surface area is 192 Å². The Morgan fingerprint density at radius 2 is 2.03 bits per heavy atom. The first-order valence-corrected chi connectivity index (χ1v) is 10.6. The number of guanidine groups is 1. The van der Waals surface area contributed by atoms with Crippen molar-refractivity contribution in [2.75, 3.05) is 26.3 Å². The van der Waals surface area contributed by atoms with E-state index in [0.717, 1.165) is 42.9 Å². The van der Waals surface area contributed by atoms with E-state index in [1.807, 2.05) is 20.8 Å². The van der Waals surface area contributed by atoms with Crippen LogP contribution < -0.4 is 15.4 Å². The van der Waals surface area contributed by atoms with Crippen molar-refractivity contribution >= 4 is 29.9 Å². The van der Waals surface area contributed by atoms with Gasteiger partial charge in [0.1, 0.15) is 12.4 Å². The van der Waals surface area contributed by atoms with E-state index in [2.05, 4.69) is 35.8 Å². The summed E-state index contributed by atoms with van der Waals surface area (Å²) in [5.74, 6) is 1.57. The van der Waals surface area contributed by atoms with E-state index in [0.29, 0.717) is 38.5 Å². The van der Waals surface area contributed by atoms with E-state index < -0.39 is 5.60 Å². The monoisotopic (exact) mass is 519 g/mol. The minimum atomic E-state index is -0.713. The van der Waals surface area contributed by atoms with Crippen molar-refractivity contribution < 1.29 is 14.6 Å². The van der Waals surface area contributed by atoms with Crippen LogP contribution in [0.3, 0.4) is 0 Å². The van der Waals surface area contributed by atoms with Gasteiger partial charge in [-0.25, -0.2) is 4.99 Å². The maximum absolute atomic E-state index is 10.5. The van der Waals surface area contributed by atoms with Crippen molar-refractivity contribution in [1.29, 1.82) is 0 Å². The molecular formula is C22H38IN3O3. The predicted molar refractivity (Wildman–Crippen MR) is 129 cm³/mol. The molecule has 0 amide bonds. The maximum atomic E-state index is 10.5. The number of hydrogen-bond donors (Lipinski definition) is 3. The molecule has 3 N–H and O–H groups in total. The Balaban J connectivity index is 0.00000420. The number of aliphatic hydroxyl groups is 1. The smallest absolute Gasteiger partial charge is 0.191 e. The number of nitrogens with one attached hydrogen (secondary N) is 2. The molecule has 1 saturated heterocycles. The van der Waals surface area contributed by atoms with Gasteiger partial charge in [-0.15, -0.1) is 24.0 Å². The van der Waals surface area contributed by atoms with Crippen molar-refractivity contribution in [3.05, 3.63) is 29.3 Å². The average Bonchev–Trinajstić information content (AvgIpc) is 3.23. The SMILES string of the molecule is CCNC(=NCc1ccc(C)cc1OCC1CCCO1)NCC(O)(CC)CC.I. The molecule has 0 bridgehead atoms. The highest BCUT2D eigenvalue weighted by Crippen LogP contribution is 2.23. The standard InChI is InChI=1S/C22H37N3O3.HI/c1-5-22(26,6-2)16-25-21(23-7-3)24-14-18-11-10-17(4)13-20(18)28-15-19-9-8-12-27-19;/h10-11,13,19,26H,5-9,12,14-16H2,1-4H3,(H2,23,24,25);1H. The zero-order valence-corrected chi connectivity index (χ0v) is 20.6. The van der Waals surface area contributed by atoms with Crippen LogP contribution in [0, 0.1) is 6.92 Å². The van der Waals surface area contributed by atoms with E-state index in [1.54, 1.807) is 0 Å².